The predicted octanol–water partition coefficient (Wildman–Crippen LogP) is 2.81. The number of thiazole rings is 1. The van der Waals surface area contributed by atoms with Gasteiger partial charge >= 0.3 is 0 Å². The van der Waals surface area contributed by atoms with Crippen LogP contribution in [0.3, 0.4) is 0 Å². The van der Waals surface area contributed by atoms with Gasteiger partial charge in [-0.3, -0.25) is 0 Å². The lowest BCUT2D eigenvalue weighted by molar-refractivity contribution is 0.0126. The van der Waals surface area contributed by atoms with Gasteiger partial charge in [-0.25, -0.2) is 4.98 Å². The summed E-state index contributed by atoms with van der Waals surface area (Å²) in [6.07, 6.45) is 6.40. The molecule has 2 saturated heterocycles. The summed E-state index contributed by atoms with van der Waals surface area (Å²) in [4.78, 5) is 4.75. The summed E-state index contributed by atoms with van der Waals surface area (Å²) in [6.45, 7) is 2.04. The number of hydrogen-bond donors (Lipinski definition) is 1. The molecule has 0 aliphatic carbocycles. The summed E-state index contributed by atoms with van der Waals surface area (Å²) in [6, 6.07) is 0.502. The van der Waals surface area contributed by atoms with E-state index in [-0.39, 0.29) is 6.10 Å². The molecule has 0 amide bonds. The van der Waals surface area contributed by atoms with Crippen LogP contribution in [0.25, 0.3) is 0 Å². The first-order chi connectivity index (χ1) is 7.93. The number of nitrogens with zero attached hydrogens (tertiary/aromatic N) is 1. The number of hydrogen-bond acceptors (Lipinski definition) is 4. The normalized spacial score (nSPS) is 30.8. The van der Waals surface area contributed by atoms with Gasteiger partial charge in [0.15, 0.2) is 0 Å². The zero-order valence-corrected chi connectivity index (χ0v) is 10.3. The maximum absolute atomic E-state index is 5.76. The van der Waals surface area contributed by atoms with Gasteiger partial charge in [-0.1, -0.05) is 0 Å². The maximum atomic E-state index is 5.76. The molecule has 16 heavy (non-hydrogen) atoms. The summed E-state index contributed by atoms with van der Waals surface area (Å²) in [7, 11) is 0. The molecule has 3 rings (SSSR count). The van der Waals surface area contributed by atoms with Crippen molar-refractivity contribution < 1.29 is 4.74 Å². The van der Waals surface area contributed by atoms with Gasteiger partial charge in [-0.05, 0) is 38.6 Å². The molecule has 88 valence electrons. The van der Waals surface area contributed by atoms with Gasteiger partial charge in [0.25, 0.3) is 0 Å². The van der Waals surface area contributed by atoms with E-state index in [4.69, 9.17) is 9.72 Å². The van der Waals surface area contributed by atoms with E-state index in [9.17, 15) is 0 Å². The second kappa shape index (κ2) is 4.82. The third-order valence-corrected chi connectivity index (χ3v) is 4.38. The summed E-state index contributed by atoms with van der Waals surface area (Å²) in [5, 5.41) is 6.93. The summed E-state index contributed by atoms with van der Waals surface area (Å²) in [5.41, 5.74) is 1.16. The van der Waals surface area contributed by atoms with Gasteiger partial charge in [-0.15, -0.1) is 11.3 Å². The largest absolute Gasteiger partial charge is 0.372 e. The fraction of sp³-hybridized carbons (Fsp3) is 0.750. The van der Waals surface area contributed by atoms with Crippen LogP contribution in [0.2, 0.25) is 0 Å². The molecule has 1 N–H and O–H groups in total. The molecule has 4 heteroatoms. The molecule has 2 unspecified atom stereocenters. The second-order valence-electron chi connectivity index (χ2n) is 4.61. The molecule has 2 atom stereocenters. The fourth-order valence-corrected chi connectivity index (χ4v) is 3.45. The Hall–Kier alpha value is -0.450. The van der Waals surface area contributed by atoms with Crippen LogP contribution >= 0.6 is 11.3 Å². The number of ether oxygens (including phenoxy) is 1. The molecule has 2 fully saturated rings. The van der Waals surface area contributed by atoms with Crippen LogP contribution in [0.4, 0.5) is 0 Å². The molecular formula is C12H18N2OS. The first kappa shape index (κ1) is 10.7. The van der Waals surface area contributed by atoms with Crippen molar-refractivity contribution in [2.45, 2.75) is 44.2 Å². The highest BCUT2D eigenvalue weighted by molar-refractivity contribution is 7.09. The molecule has 3 heterocycles. The average molecular weight is 238 g/mol. The molecule has 0 aromatic carbocycles. The second-order valence-corrected chi connectivity index (χ2v) is 5.50. The van der Waals surface area contributed by atoms with Crippen LogP contribution in [0, 0.1) is 0 Å². The summed E-state index contributed by atoms with van der Waals surface area (Å²) in [5.74, 6) is 0. The molecule has 1 aromatic rings. The molecule has 0 saturated carbocycles. The Labute approximate surface area is 100 Å². The lowest BCUT2D eigenvalue weighted by Gasteiger charge is -2.20. The van der Waals surface area contributed by atoms with Gasteiger partial charge in [0.05, 0.1) is 11.7 Å². The van der Waals surface area contributed by atoms with Crippen LogP contribution in [-0.4, -0.2) is 18.1 Å². The minimum Gasteiger partial charge on any atom is -0.372 e. The zero-order chi connectivity index (χ0) is 10.8. The molecule has 2 aliphatic rings. The van der Waals surface area contributed by atoms with Crippen molar-refractivity contribution in [2.75, 3.05) is 13.2 Å². The van der Waals surface area contributed by atoms with Gasteiger partial charge < -0.3 is 10.1 Å². The van der Waals surface area contributed by atoms with Crippen LogP contribution in [0.1, 0.15) is 55.0 Å². The Bertz CT molecular complexity index is 341. The van der Waals surface area contributed by atoms with Crippen molar-refractivity contribution in [1.29, 1.82) is 0 Å². The Morgan fingerprint density at radius 1 is 1.31 bits per heavy atom. The zero-order valence-electron chi connectivity index (χ0n) is 9.45. The molecule has 0 spiro atoms. The first-order valence-corrected chi connectivity index (χ1v) is 7.12. The Balaban J connectivity index is 1.71. The molecule has 1 aromatic heterocycles. The van der Waals surface area contributed by atoms with Gasteiger partial charge in [0.2, 0.25) is 0 Å². The Morgan fingerprint density at radius 3 is 3.06 bits per heavy atom. The first-order valence-electron chi connectivity index (χ1n) is 6.24. The molecule has 0 bridgehead atoms. The number of rotatable bonds is 2. The van der Waals surface area contributed by atoms with Crippen LogP contribution in [-0.2, 0) is 4.74 Å². The van der Waals surface area contributed by atoms with E-state index in [1.807, 2.05) is 0 Å². The smallest absolute Gasteiger partial charge is 0.110 e. The van der Waals surface area contributed by atoms with E-state index in [1.54, 1.807) is 11.3 Å². The van der Waals surface area contributed by atoms with E-state index in [2.05, 4.69) is 10.7 Å². The van der Waals surface area contributed by atoms with Crippen LogP contribution in [0.15, 0.2) is 5.38 Å². The van der Waals surface area contributed by atoms with Crippen molar-refractivity contribution in [1.82, 2.24) is 10.3 Å². The van der Waals surface area contributed by atoms with Gasteiger partial charge in [0, 0.05) is 12.0 Å². The van der Waals surface area contributed by atoms with Crippen LogP contribution < -0.4 is 5.32 Å². The lowest BCUT2D eigenvalue weighted by Crippen LogP contribution is -2.14. The van der Waals surface area contributed by atoms with Crippen molar-refractivity contribution in [3.8, 4) is 0 Å². The maximum Gasteiger partial charge on any atom is 0.110 e. The van der Waals surface area contributed by atoms with E-state index in [0.717, 1.165) is 25.3 Å². The van der Waals surface area contributed by atoms with Crippen LogP contribution in [0.5, 0.6) is 0 Å². The third kappa shape index (κ3) is 2.14. The van der Waals surface area contributed by atoms with Gasteiger partial charge in [0.1, 0.15) is 11.1 Å². The lowest BCUT2D eigenvalue weighted by atomic mass is 10.1. The summed E-state index contributed by atoms with van der Waals surface area (Å²) >= 11 is 1.79. The highest BCUT2D eigenvalue weighted by Gasteiger charge is 2.23. The molecular weight excluding hydrogens is 220 g/mol. The predicted molar refractivity (Wildman–Crippen MR) is 64.6 cm³/mol. The monoisotopic (exact) mass is 238 g/mol. The SMILES string of the molecule is c1sc(C2CCCN2)nc1C1CCCCO1. The van der Waals surface area contributed by atoms with Gasteiger partial charge in [-0.2, -0.15) is 0 Å². The van der Waals surface area contributed by atoms with Crippen molar-refractivity contribution in [3.63, 3.8) is 0 Å². The summed E-state index contributed by atoms with van der Waals surface area (Å²) < 4.78 is 5.76. The van der Waals surface area contributed by atoms with Crippen molar-refractivity contribution >= 4 is 11.3 Å². The highest BCUT2D eigenvalue weighted by atomic mass is 32.1. The Morgan fingerprint density at radius 2 is 2.31 bits per heavy atom. The van der Waals surface area contributed by atoms with Crippen molar-refractivity contribution in [3.05, 3.63) is 16.1 Å². The van der Waals surface area contributed by atoms with E-state index < -0.39 is 0 Å². The molecule has 2 aliphatic heterocycles. The standard InChI is InChI=1S/C12H18N2OS/c1-2-7-15-11(5-1)10-8-16-12(14-10)9-4-3-6-13-9/h8-9,11,13H,1-7H2. The van der Waals surface area contributed by atoms with Crippen molar-refractivity contribution in [2.24, 2.45) is 0 Å². The number of nitrogens with one attached hydrogen (secondary N) is 1. The highest BCUT2D eigenvalue weighted by Crippen LogP contribution is 2.32. The third-order valence-electron chi connectivity index (χ3n) is 3.41. The minimum atomic E-state index is 0.264. The Kier molecular flexibility index (Phi) is 3.22. The topological polar surface area (TPSA) is 34.2 Å². The number of aromatic nitrogens is 1. The fourth-order valence-electron chi connectivity index (χ4n) is 2.48. The molecule has 0 radical (unpaired) electrons. The average Bonchev–Trinajstić information content (AvgIpc) is 3.01. The van der Waals surface area contributed by atoms with E-state index in [1.165, 1.54) is 30.7 Å². The molecule has 3 nitrogen and oxygen atoms in total. The quantitative estimate of drug-likeness (QED) is 0.860. The minimum absolute atomic E-state index is 0.264. The van der Waals surface area contributed by atoms with E-state index in [0.29, 0.717) is 6.04 Å². The van der Waals surface area contributed by atoms with E-state index >= 15 is 0 Å².